The van der Waals surface area contributed by atoms with Crippen molar-refractivity contribution in [1.29, 1.82) is 0 Å². The number of nitrogens with one attached hydrogen (secondary N) is 2. The average molecular weight is 451 g/mol. The second-order valence-electron chi connectivity index (χ2n) is 6.37. The molecule has 1 aliphatic heterocycles. The van der Waals surface area contributed by atoms with Crippen LogP contribution < -0.4 is 20.1 Å². The van der Waals surface area contributed by atoms with Gasteiger partial charge in [0.1, 0.15) is 11.5 Å². The van der Waals surface area contributed by atoms with Crippen molar-refractivity contribution in [2.45, 2.75) is 25.2 Å². The quantitative estimate of drug-likeness (QED) is 0.622. The molecule has 1 fully saturated rings. The van der Waals surface area contributed by atoms with Gasteiger partial charge in [0.2, 0.25) is 0 Å². The Morgan fingerprint density at radius 2 is 1.62 bits per heavy atom. The van der Waals surface area contributed by atoms with Crippen LogP contribution in [0.5, 0.6) is 11.5 Å². The lowest BCUT2D eigenvalue weighted by Gasteiger charge is -2.23. The lowest BCUT2D eigenvalue weighted by atomic mass is 9.98. The summed E-state index contributed by atoms with van der Waals surface area (Å²) in [7, 11) is 0. The average Bonchev–Trinajstić information content (AvgIpc) is 2.62. The van der Waals surface area contributed by atoms with E-state index in [1.165, 1.54) is 0 Å². The third kappa shape index (κ3) is 9.44. The molecule has 0 atom stereocenters. The van der Waals surface area contributed by atoms with Crippen molar-refractivity contribution in [2.75, 3.05) is 32.8 Å². The van der Waals surface area contributed by atoms with Gasteiger partial charge in [-0.15, -0.1) is 12.4 Å². The van der Waals surface area contributed by atoms with Gasteiger partial charge in [0.05, 0.1) is 5.56 Å². The number of rotatable bonds is 7. The van der Waals surface area contributed by atoms with Gasteiger partial charge >= 0.3 is 12.4 Å². The first-order chi connectivity index (χ1) is 13.0. The van der Waals surface area contributed by atoms with E-state index in [2.05, 4.69) is 20.1 Å². The highest BCUT2D eigenvalue weighted by Crippen LogP contribution is 2.28. The van der Waals surface area contributed by atoms with Gasteiger partial charge in [-0.1, -0.05) is 0 Å². The van der Waals surface area contributed by atoms with E-state index in [0.717, 1.165) is 44.1 Å². The molecule has 1 saturated heterocycles. The largest absolute Gasteiger partial charge is 0.484 e. The number of alkyl halides is 6. The second kappa shape index (κ2) is 10.8. The summed E-state index contributed by atoms with van der Waals surface area (Å²) >= 11 is 0. The molecule has 0 unspecified atom stereocenters. The number of carbonyl (C=O) groups is 1. The first-order valence-corrected chi connectivity index (χ1v) is 8.55. The van der Waals surface area contributed by atoms with Crippen LogP contribution in [0.1, 0.15) is 23.2 Å². The van der Waals surface area contributed by atoms with Crippen LogP contribution in [-0.4, -0.2) is 51.1 Å². The minimum Gasteiger partial charge on any atom is -0.484 e. The van der Waals surface area contributed by atoms with Crippen molar-refractivity contribution in [1.82, 2.24) is 10.6 Å². The zero-order valence-corrected chi connectivity index (χ0v) is 16.0. The maximum atomic E-state index is 12.4. The molecule has 1 aromatic rings. The van der Waals surface area contributed by atoms with E-state index in [1.807, 2.05) is 0 Å². The summed E-state index contributed by atoms with van der Waals surface area (Å²) in [4.78, 5) is 12.4. The van der Waals surface area contributed by atoms with Crippen molar-refractivity contribution < 1.29 is 40.6 Å². The number of hydrogen-bond acceptors (Lipinski definition) is 4. The summed E-state index contributed by atoms with van der Waals surface area (Å²) in [5.74, 6) is -1.23. The highest BCUT2D eigenvalue weighted by Gasteiger charge is 2.30. The van der Waals surface area contributed by atoms with Crippen LogP contribution in [0.25, 0.3) is 0 Å². The number of halogens is 7. The van der Waals surface area contributed by atoms with Crippen molar-refractivity contribution in [2.24, 2.45) is 5.92 Å². The molecule has 0 bridgehead atoms. The van der Waals surface area contributed by atoms with Gasteiger partial charge in [0.25, 0.3) is 5.91 Å². The first-order valence-electron chi connectivity index (χ1n) is 8.55. The molecule has 166 valence electrons. The molecule has 0 aromatic heterocycles. The smallest absolute Gasteiger partial charge is 0.422 e. The molecule has 0 saturated carbocycles. The van der Waals surface area contributed by atoms with Gasteiger partial charge in [0.15, 0.2) is 13.2 Å². The Labute approximate surface area is 169 Å². The predicted octanol–water partition coefficient (Wildman–Crippen LogP) is 3.72. The Hall–Kier alpha value is -1.88. The van der Waals surface area contributed by atoms with Crippen LogP contribution >= 0.6 is 12.4 Å². The topological polar surface area (TPSA) is 59.6 Å². The van der Waals surface area contributed by atoms with E-state index in [1.54, 1.807) is 0 Å². The molecule has 1 aromatic carbocycles. The second-order valence-corrected chi connectivity index (χ2v) is 6.37. The first kappa shape index (κ1) is 25.2. The van der Waals surface area contributed by atoms with Crippen LogP contribution in [0.15, 0.2) is 18.2 Å². The van der Waals surface area contributed by atoms with Crippen molar-refractivity contribution in [3.05, 3.63) is 23.8 Å². The van der Waals surface area contributed by atoms with Crippen LogP contribution in [0.2, 0.25) is 0 Å². The molecular weight excluding hydrogens is 430 g/mol. The third-order valence-corrected chi connectivity index (χ3v) is 4.00. The van der Waals surface area contributed by atoms with Crippen LogP contribution in [-0.2, 0) is 0 Å². The third-order valence-electron chi connectivity index (χ3n) is 4.00. The van der Waals surface area contributed by atoms with Crippen molar-refractivity contribution in [3.63, 3.8) is 0 Å². The Balaban J connectivity index is 0.00000420. The fraction of sp³-hybridized carbons (Fsp3) is 0.588. The lowest BCUT2D eigenvalue weighted by Crippen LogP contribution is -2.36. The lowest BCUT2D eigenvalue weighted by molar-refractivity contribution is -0.154. The van der Waals surface area contributed by atoms with Gasteiger partial charge in [-0.3, -0.25) is 4.79 Å². The van der Waals surface area contributed by atoms with E-state index in [4.69, 9.17) is 0 Å². The fourth-order valence-corrected chi connectivity index (χ4v) is 2.65. The molecule has 0 radical (unpaired) electrons. The fourth-order valence-electron chi connectivity index (χ4n) is 2.65. The molecule has 1 amide bonds. The molecular formula is C17H21ClF6N2O3. The molecule has 1 aliphatic rings. The van der Waals surface area contributed by atoms with E-state index < -0.39 is 31.5 Å². The van der Waals surface area contributed by atoms with Crippen LogP contribution in [0.4, 0.5) is 26.3 Å². The Morgan fingerprint density at radius 1 is 1.03 bits per heavy atom. The Morgan fingerprint density at radius 3 is 2.21 bits per heavy atom. The van der Waals surface area contributed by atoms with Crippen LogP contribution in [0, 0.1) is 5.92 Å². The maximum Gasteiger partial charge on any atom is 0.422 e. The summed E-state index contributed by atoms with van der Waals surface area (Å²) < 4.78 is 83.3. The molecule has 2 rings (SSSR count). The molecule has 29 heavy (non-hydrogen) atoms. The summed E-state index contributed by atoms with van der Waals surface area (Å²) in [5, 5.41) is 5.76. The molecule has 1 heterocycles. The van der Waals surface area contributed by atoms with Gasteiger partial charge in [0, 0.05) is 6.54 Å². The molecule has 0 aliphatic carbocycles. The zero-order chi connectivity index (χ0) is 20.8. The number of hydrogen-bond donors (Lipinski definition) is 2. The predicted molar refractivity (Wildman–Crippen MR) is 94.7 cm³/mol. The van der Waals surface area contributed by atoms with Crippen LogP contribution in [0.3, 0.4) is 0 Å². The maximum absolute atomic E-state index is 12.4. The SMILES string of the molecule is Cl.O=C(NCC1CCNCC1)c1cc(OCC(F)(F)F)ccc1OCC(F)(F)F. The van der Waals surface area contributed by atoms with Gasteiger partial charge in [-0.25, -0.2) is 0 Å². The molecule has 2 N–H and O–H groups in total. The summed E-state index contributed by atoms with van der Waals surface area (Å²) in [5.41, 5.74) is -0.321. The summed E-state index contributed by atoms with van der Waals surface area (Å²) in [6, 6.07) is 2.94. The van der Waals surface area contributed by atoms with Gasteiger partial charge in [-0.05, 0) is 50.0 Å². The number of ether oxygens (including phenoxy) is 2. The standard InChI is InChI=1S/C17H20F6N2O3.ClH/c18-16(19,20)9-27-12-1-2-14(28-10-17(21,22)23)13(7-12)15(26)25-8-11-3-5-24-6-4-11;/h1-2,7,11,24H,3-6,8-10H2,(H,25,26);1H. The normalized spacial score (nSPS) is 15.4. The zero-order valence-electron chi connectivity index (χ0n) is 15.2. The highest BCUT2D eigenvalue weighted by molar-refractivity contribution is 5.97. The van der Waals surface area contributed by atoms with E-state index in [0.29, 0.717) is 6.54 Å². The Bertz CT molecular complexity index is 664. The summed E-state index contributed by atoms with van der Waals surface area (Å²) in [6.45, 7) is -1.34. The molecule has 12 heteroatoms. The highest BCUT2D eigenvalue weighted by atomic mass is 35.5. The van der Waals surface area contributed by atoms with Crippen molar-refractivity contribution >= 4 is 18.3 Å². The number of carbonyl (C=O) groups excluding carboxylic acids is 1. The van der Waals surface area contributed by atoms with Crippen molar-refractivity contribution in [3.8, 4) is 11.5 Å². The van der Waals surface area contributed by atoms with E-state index in [9.17, 15) is 31.1 Å². The van der Waals surface area contributed by atoms with Gasteiger partial charge < -0.3 is 20.1 Å². The minimum atomic E-state index is -4.63. The molecule has 5 nitrogen and oxygen atoms in total. The Kier molecular flexibility index (Phi) is 9.34. The number of amides is 1. The monoisotopic (exact) mass is 450 g/mol. The number of piperidine rings is 1. The minimum absolute atomic E-state index is 0. The van der Waals surface area contributed by atoms with Gasteiger partial charge in [-0.2, -0.15) is 26.3 Å². The van der Waals surface area contributed by atoms with E-state index >= 15 is 0 Å². The summed E-state index contributed by atoms with van der Waals surface area (Å²) in [6.07, 6.45) is -7.57. The number of benzene rings is 1. The molecule has 0 spiro atoms. The van der Waals surface area contributed by atoms with E-state index in [-0.39, 0.29) is 35.4 Å².